The number of anilines is 1. The smallest absolute Gasteiger partial charge is 0.336 e. The Bertz CT molecular complexity index is 932. The van der Waals surface area contributed by atoms with E-state index in [2.05, 4.69) is 42.9 Å². The molecule has 0 atom stereocenters. The molecular formula is C23H23NO2. The topological polar surface area (TPSA) is 40.5 Å². The number of carboxylic acid groups (broad SMARTS) is 1. The quantitative estimate of drug-likeness (QED) is 0.821. The van der Waals surface area contributed by atoms with Crippen molar-refractivity contribution < 1.29 is 9.90 Å². The fraction of sp³-hybridized carbons (Fsp3) is 0.348. The van der Waals surface area contributed by atoms with E-state index in [4.69, 9.17) is 6.42 Å². The van der Waals surface area contributed by atoms with Crippen molar-refractivity contribution in [1.29, 1.82) is 0 Å². The summed E-state index contributed by atoms with van der Waals surface area (Å²) in [6.07, 6.45) is 9.35. The molecule has 3 heteroatoms. The molecule has 132 valence electrons. The van der Waals surface area contributed by atoms with E-state index in [1.165, 1.54) is 24.1 Å². The first kappa shape index (κ1) is 16.7. The summed E-state index contributed by atoms with van der Waals surface area (Å²) in [4.78, 5) is 14.1. The van der Waals surface area contributed by atoms with Gasteiger partial charge in [0.05, 0.1) is 5.56 Å². The van der Waals surface area contributed by atoms with Gasteiger partial charge in [0.2, 0.25) is 0 Å². The van der Waals surface area contributed by atoms with Gasteiger partial charge in [0.25, 0.3) is 0 Å². The molecule has 0 aromatic heterocycles. The third-order valence-corrected chi connectivity index (χ3v) is 5.75. The fourth-order valence-electron chi connectivity index (χ4n) is 4.04. The first-order chi connectivity index (χ1) is 12.4. The third kappa shape index (κ3) is 2.66. The Labute approximate surface area is 154 Å². The average Bonchev–Trinajstić information content (AvgIpc) is 3.45. The molecule has 2 aromatic carbocycles. The monoisotopic (exact) mass is 345 g/mol. The number of aromatic carboxylic acids is 1. The van der Waals surface area contributed by atoms with Crippen LogP contribution in [0.15, 0.2) is 36.4 Å². The highest BCUT2D eigenvalue weighted by Gasteiger charge is 2.38. The zero-order chi connectivity index (χ0) is 18.5. The number of nitrogens with zero attached hydrogens (tertiary/aromatic N) is 1. The molecular weight excluding hydrogens is 322 g/mol. The van der Waals surface area contributed by atoms with Gasteiger partial charge in [-0.2, -0.15) is 0 Å². The maximum atomic E-state index is 11.5. The summed E-state index contributed by atoms with van der Waals surface area (Å²) in [5.41, 5.74) is 5.19. The van der Waals surface area contributed by atoms with Gasteiger partial charge in [-0.15, -0.1) is 6.42 Å². The van der Waals surface area contributed by atoms with E-state index in [0.717, 1.165) is 24.1 Å². The van der Waals surface area contributed by atoms with Crippen LogP contribution in [-0.4, -0.2) is 23.7 Å². The molecule has 0 saturated heterocycles. The number of benzene rings is 2. The molecule has 26 heavy (non-hydrogen) atoms. The molecule has 2 aromatic rings. The lowest BCUT2D eigenvalue weighted by molar-refractivity contribution is 0.0696. The number of fused-ring (bicyclic) bond motifs is 1. The molecule has 1 aliphatic heterocycles. The number of carbonyl (C=O) groups is 1. The molecule has 0 unspecified atom stereocenters. The molecule has 3 nitrogen and oxygen atoms in total. The van der Waals surface area contributed by atoms with Crippen LogP contribution in [0.1, 0.15) is 54.6 Å². The van der Waals surface area contributed by atoms with Crippen LogP contribution in [0.3, 0.4) is 0 Å². The largest absolute Gasteiger partial charge is 0.478 e. The Morgan fingerprint density at radius 3 is 2.69 bits per heavy atom. The number of hydrogen-bond donors (Lipinski definition) is 1. The molecule has 4 rings (SSSR count). The average molecular weight is 345 g/mol. The standard InChI is InChI=1S/C23H23NO2/c1-4-17-18(6-5-7-19(17)22(25)26)15-8-11-21-20(14-15)23(2,3)12-13-24(21)16-9-10-16/h1,5-8,11,14,16H,9-10,12-13H2,2-3H3,(H,25,26). The molecule has 0 amide bonds. The van der Waals surface area contributed by atoms with E-state index < -0.39 is 5.97 Å². The summed E-state index contributed by atoms with van der Waals surface area (Å²) >= 11 is 0. The van der Waals surface area contributed by atoms with Crippen LogP contribution in [0.25, 0.3) is 11.1 Å². The Kier molecular flexibility index (Phi) is 3.80. The number of rotatable bonds is 3. The van der Waals surface area contributed by atoms with Crippen molar-refractivity contribution in [2.45, 2.75) is 44.6 Å². The second-order valence-corrected chi connectivity index (χ2v) is 7.97. The summed E-state index contributed by atoms with van der Waals surface area (Å²) in [6.45, 7) is 5.68. The highest BCUT2D eigenvalue weighted by atomic mass is 16.4. The summed E-state index contributed by atoms with van der Waals surface area (Å²) in [7, 11) is 0. The minimum Gasteiger partial charge on any atom is -0.478 e. The molecule has 0 radical (unpaired) electrons. The lowest BCUT2D eigenvalue weighted by Gasteiger charge is -2.41. The minimum atomic E-state index is -0.988. The molecule has 0 spiro atoms. The lowest BCUT2D eigenvalue weighted by Crippen LogP contribution is -2.38. The van der Waals surface area contributed by atoms with E-state index in [1.54, 1.807) is 12.1 Å². The minimum absolute atomic E-state index is 0.0947. The van der Waals surface area contributed by atoms with Gasteiger partial charge in [-0.3, -0.25) is 0 Å². The summed E-state index contributed by atoms with van der Waals surface area (Å²) in [5.74, 6) is 1.60. The van der Waals surface area contributed by atoms with Crippen LogP contribution >= 0.6 is 0 Å². The maximum absolute atomic E-state index is 11.5. The molecule has 1 heterocycles. The number of carboxylic acids is 1. The van der Waals surface area contributed by atoms with Crippen molar-refractivity contribution >= 4 is 11.7 Å². The van der Waals surface area contributed by atoms with E-state index in [0.29, 0.717) is 11.6 Å². The number of hydrogen-bond acceptors (Lipinski definition) is 2. The van der Waals surface area contributed by atoms with E-state index in [1.807, 2.05) is 6.07 Å². The second kappa shape index (κ2) is 5.92. The zero-order valence-electron chi connectivity index (χ0n) is 15.2. The predicted octanol–water partition coefficient (Wildman–Crippen LogP) is 4.68. The third-order valence-electron chi connectivity index (χ3n) is 5.75. The van der Waals surface area contributed by atoms with Crippen LogP contribution < -0.4 is 4.90 Å². The molecule has 1 N–H and O–H groups in total. The first-order valence-corrected chi connectivity index (χ1v) is 9.17. The van der Waals surface area contributed by atoms with Crippen LogP contribution in [0, 0.1) is 12.3 Å². The van der Waals surface area contributed by atoms with Gasteiger partial charge in [0.15, 0.2) is 0 Å². The zero-order valence-corrected chi connectivity index (χ0v) is 15.2. The molecule has 1 fully saturated rings. The summed E-state index contributed by atoms with van der Waals surface area (Å²) in [5, 5.41) is 9.44. The van der Waals surface area contributed by atoms with Crippen molar-refractivity contribution in [2.24, 2.45) is 0 Å². The van der Waals surface area contributed by atoms with Crippen molar-refractivity contribution in [3.63, 3.8) is 0 Å². The van der Waals surface area contributed by atoms with Gasteiger partial charge < -0.3 is 10.0 Å². The van der Waals surface area contributed by atoms with Gasteiger partial charge in [-0.25, -0.2) is 4.79 Å². The van der Waals surface area contributed by atoms with Crippen LogP contribution in [0.4, 0.5) is 5.69 Å². The first-order valence-electron chi connectivity index (χ1n) is 9.17. The van der Waals surface area contributed by atoms with E-state index in [9.17, 15) is 9.90 Å². The van der Waals surface area contributed by atoms with E-state index in [-0.39, 0.29) is 11.0 Å². The Hall–Kier alpha value is -2.73. The van der Waals surface area contributed by atoms with E-state index >= 15 is 0 Å². The molecule has 1 saturated carbocycles. The van der Waals surface area contributed by atoms with Crippen LogP contribution in [-0.2, 0) is 5.41 Å². The van der Waals surface area contributed by atoms with Gasteiger partial charge in [0, 0.05) is 23.8 Å². The van der Waals surface area contributed by atoms with Crippen LogP contribution in [0.5, 0.6) is 0 Å². The molecule has 1 aliphatic carbocycles. The predicted molar refractivity (Wildman–Crippen MR) is 105 cm³/mol. The Morgan fingerprint density at radius 1 is 1.27 bits per heavy atom. The van der Waals surface area contributed by atoms with Gasteiger partial charge in [-0.1, -0.05) is 38.0 Å². The maximum Gasteiger partial charge on any atom is 0.336 e. The van der Waals surface area contributed by atoms with Gasteiger partial charge in [-0.05, 0) is 59.6 Å². The summed E-state index contributed by atoms with van der Waals surface area (Å²) in [6, 6.07) is 12.4. The summed E-state index contributed by atoms with van der Waals surface area (Å²) < 4.78 is 0. The highest BCUT2D eigenvalue weighted by molar-refractivity contribution is 5.94. The van der Waals surface area contributed by atoms with Crippen molar-refractivity contribution in [3.8, 4) is 23.5 Å². The number of terminal acetylenes is 1. The van der Waals surface area contributed by atoms with Gasteiger partial charge in [0.1, 0.15) is 0 Å². The highest BCUT2D eigenvalue weighted by Crippen LogP contribution is 2.45. The SMILES string of the molecule is C#Cc1c(C(=O)O)cccc1-c1ccc2c(c1)C(C)(C)CCN2C1CC1. The van der Waals surface area contributed by atoms with Crippen molar-refractivity contribution in [3.05, 3.63) is 53.1 Å². The molecule has 0 bridgehead atoms. The normalized spacial score (nSPS) is 18.1. The lowest BCUT2D eigenvalue weighted by atomic mass is 9.76. The molecule has 2 aliphatic rings. The Morgan fingerprint density at radius 2 is 2.04 bits per heavy atom. The second-order valence-electron chi connectivity index (χ2n) is 7.97. The van der Waals surface area contributed by atoms with Gasteiger partial charge >= 0.3 is 5.97 Å². The van der Waals surface area contributed by atoms with Crippen molar-refractivity contribution in [2.75, 3.05) is 11.4 Å². The van der Waals surface area contributed by atoms with Crippen molar-refractivity contribution in [1.82, 2.24) is 0 Å². The fourth-order valence-corrected chi connectivity index (χ4v) is 4.04. The Balaban J connectivity index is 1.87. The van der Waals surface area contributed by atoms with Crippen LogP contribution in [0.2, 0.25) is 0 Å².